The Morgan fingerprint density at radius 3 is 2.93 bits per heavy atom. The molecule has 80 valence electrons. The van der Waals surface area contributed by atoms with Gasteiger partial charge in [0.25, 0.3) is 0 Å². The van der Waals surface area contributed by atoms with Gasteiger partial charge < -0.3 is 9.32 Å². The Morgan fingerprint density at radius 2 is 2.13 bits per heavy atom. The molecule has 0 fully saturated rings. The third-order valence-electron chi connectivity index (χ3n) is 2.50. The predicted molar refractivity (Wildman–Crippen MR) is 64.8 cm³/mol. The van der Waals surface area contributed by atoms with Crippen LogP contribution in [0.15, 0.2) is 34.9 Å². The largest absolute Gasteiger partial charge is 0.462 e. The van der Waals surface area contributed by atoms with Gasteiger partial charge >= 0.3 is 0 Å². The molecule has 1 aromatic carbocycles. The first-order chi connectivity index (χ1) is 7.33. The van der Waals surface area contributed by atoms with Gasteiger partial charge in [-0.2, -0.15) is 0 Å². The molecule has 0 bridgehead atoms. The number of hydrogen-bond donors (Lipinski definition) is 0. The zero-order valence-corrected chi connectivity index (χ0v) is 9.50. The first-order valence-electron chi connectivity index (χ1n) is 5.06. The molecule has 2 aromatic rings. The molecule has 0 amide bonds. The Balaban J connectivity index is 2.27. The van der Waals surface area contributed by atoms with E-state index >= 15 is 0 Å². The van der Waals surface area contributed by atoms with Crippen molar-refractivity contribution in [1.82, 2.24) is 0 Å². The van der Waals surface area contributed by atoms with Crippen molar-refractivity contribution in [3.05, 3.63) is 30.5 Å². The van der Waals surface area contributed by atoms with Gasteiger partial charge in [-0.3, -0.25) is 0 Å². The third-order valence-corrected chi connectivity index (χ3v) is 2.77. The van der Waals surface area contributed by atoms with E-state index in [0.29, 0.717) is 5.88 Å². The highest BCUT2D eigenvalue weighted by atomic mass is 35.5. The van der Waals surface area contributed by atoms with Crippen molar-refractivity contribution >= 4 is 28.3 Å². The smallest absolute Gasteiger partial charge is 0.136 e. The maximum absolute atomic E-state index is 5.68. The van der Waals surface area contributed by atoms with Crippen LogP contribution >= 0.6 is 11.6 Å². The summed E-state index contributed by atoms with van der Waals surface area (Å²) in [5.41, 5.74) is 2.07. The maximum Gasteiger partial charge on any atom is 0.136 e. The lowest BCUT2D eigenvalue weighted by atomic mass is 10.2. The molecule has 0 aliphatic rings. The summed E-state index contributed by atoms with van der Waals surface area (Å²) in [6.07, 6.45) is 2.79. The van der Waals surface area contributed by atoms with Crippen molar-refractivity contribution in [1.29, 1.82) is 0 Å². The van der Waals surface area contributed by atoms with Gasteiger partial charge in [0.15, 0.2) is 0 Å². The molecule has 3 heteroatoms. The lowest BCUT2D eigenvalue weighted by Crippen LogP contribution is -2.18. The van der Waals surface area contributed by atoms with E-state index in [1.165, 1.54) is 0 Å². The van der Waals surface area contributed by atoms with Gasteiger partial charge in [-0.15, -0.1) is 11.6 Å². The molecular weight excluding hydrogens is 210 g/mol. The predicted octanol–water partition coefficient (Wildman–Crippen LogP) is 3.50. The first-order valence-corrected chi connectivity index (χ1v) is 5.59. The van der Waals surface area contributed by atoms with E-state index in [2.05, 4.69) is 18.0 Å². The van der Waals surface area contributed by atoms with Gasteiger partial charge in [-0.05, 0) is 18.6 Å². The fourth-order valence-electron chi connectivity index (χ4n) is 1.68. The summed E-state index contributed by atoms with van der Waals surface area (Å²) in [5.74, 6) is 0.695. The Hall–Kier alpha value is -1.15. The molecule has 0 aliphatic heterocycles. The van der Waals surface area contributed by atoms with Crippen molar-refractivity contribution < 1.29 is 4.42 Å². The molecule has 15 heavy (non-hydrogen) atoms. The second-order valence-electron chi connectivity index (χ2n) is 3.58. The normalized spacial score (nSPS) is 10.8. The molecule has 0 radical (unpaired) electrons. The van der Waals surface area contributed by atoms with Crippen LogP contribution in [-0.4, -0.2) is 19.5 Å². The molecule has 0 atom stereocenters. The highest BCUT2D eigenvalue weighted by Gasteiger charge is 2.08. The summed E-state index contributed by atoms with van der Waals surface area (Å²) >= 11 is 5.68. The number of benzene rings is 1. The lowest BCUT2D eigenvalue weighted by molar-refractivity contribution is 0.614. The number of hydrogen-bond acceptors (Lipinski definition) is 2. The van der Waals surface area contributed by atoms with Gasteiger partial charge in [0, 0.05) is 24.9 Å². The Morgan fingerprint density at radius 1 is 1.33 bits per heavy atom. The van der Waals surface area contributed by atoms with Crippen LogP contribution in [0.4, 0.5) is 5.69 Å². The number of furan rings is 1. The van der Waals surface area contributed by atoms with Crippen LogP contribution in [0.25, 0.3) is 11.0 Å². The van der Waals surface area contributed by atoms with E-state index in [9.17, 15) is 0 Å². The average Bonchev–Trinajstić information content (AvgIpc) is 2.69. The summed E-state index contributed by atoms with van der Waals surface area (Å²) in [6.45, 7) is 0.951. The molecule has 2 rings (SSSR count). The van der Waals surface area contributed by atoms with Crippen LogP contribution in [0.2, 0.25) is 0 Å². The van der Waals surface area contributed by atoms with Crippen LogP contribution in [-0.2, 0) is 0 Å². The topological polar surface area (TPSA) is 16.4 Å². The second kappa shape index (κ2) is 4.58. The molecule has 0 N–H and O–H groups in total. The minimum atomic E-state index is 0.695. The van der Waals surface area contributed by atoms with Crippen LogP contribution in [0, 0.1) is 0 Å². The molecular formula is C12H14ClNO. The maximum atomic E-state index is 5.68. The molecule has 0 unspecified atom stereocenters. The van der Waals surface area contributed by atoms with E-state index in [4.69, 9.17) is 16.0 Å². The molecule has 1 aromatic heterocycles. The Kier molecular flexibility index (Phi) is 3.17. The summed E-state index contributed by atoms with van der Waals surface area (Å²) < 4.78 is 5.48. The van der Waals surface area contributed by atoms with Crippen LogP contribution in [0.5, 0.6) is 0 Å². The molecule has 0 spiro atoms. The number of nitrogens with zero attached hydrogens (tertiary/aromatic N) is 1. The molecule has 1 heterocycles. The van der Waals surface area contributed by atoms with Gasteiger partial charge in [-0.25, -0.2) is 0 Å². The Labute approximate surface area is 94.4 Å². The zero-order valence-electron chi connectivity index (χ0n) is 8.74. The van der Waals surface area contributed by atoms with Gasteiger partial charge in [0.1, 0.15) is 11.8 Å². The fourth-order valence-corrected chi connectivity index (χ4v) is 1.80. The fraction of sp³-hybridized carbons (Fsp3) is 0.333. The second-order valence-corrected chi connectivity index (χ2v) is 3.96. The van der Waals surface area contributed by atoms with Crippen LogP contribution < -0.4 is 4.90 Å². The van der Waals surface area contributed by atoms with E-state index in [1.54, 1.807) is 6.26 Å². The van der Waals surface area contributed by atoms with Crippen LogP contribution in [0.1, 0.15) is 6.42 Å². The number of rotatable bonds is 4. The zero-order chi connectivity index (χ0) is 10.7. The number of halogens is 1. The van der Waals surface area contributed by atoms with Crippen molar-refractivity contribution in [3.8, 4) is 0 Å². The highest BCUT2D eigenvalue weighted by molar-refractivity contribution is 6.17. The standard InChI is InChI=1S/C12H14ClNO/c1-14(8-4-7-13)11-9-15-12-6-3-2-5-10(11)12/h2-3,5-6,9H,4,7-8H2,1H3. The summed E-state index contributed by atoms with van der Waals surface area (Å²) in [5, 5.41) is 1.16. The monoisotopic (exact) mass is 223 g/mol. The quantitative estimate of drug-likeness (QED) is 0.738. The number of para-hydroxylation sites is 1. The number of fused-ring (bicyclic) bond motifs is 1. The number of alkyl halides is 1. The summed E-state index contributed by atoms with van der Waals surface area (Å²) in [6, 6.07) is 8.06. The van der Waals surface area contributed by atoms with Gasteiger partial charge in [0.2, 0.25) is 0 Å². The van der Waals surface area contributed by atoms with Gasteiger partial charge in [0.05, 0.1) is 5.69 Å². The third kappa shape index (κ3) is 2.10. The molecule has 0 saturated heterocycles. The first kappa shape index (κ1) is 10.4. The van der Waals surface area contributed by atoms with Crippen molar-refractivity contribution in [2.45, 2.75) is 6.42 Å². The van der Waals surface area contributed by atoms with E-state index in [1.807, 2.05) is 18.2 Å². The minimum absolute atomic E-state index is 0.695. The van der Waals surface area contributed by atoms with E-state index < -0.39 is 0 Å². The average molecular weight is 224 g/mol. The van der Waals surface area contributed by atoms with Gasteiger partial charge in [-0.1, -0.05) is 12.1 Å². The van der Waals surface area contributed by atoms with Crippen molar-refractivity contribution in [3.63, 3.8) is 0 Å². The Bertz CT molecular complexity index is 438. The van der Waals surface area contributed by atoms with E-state index in [-0.39, 0.29) is 0 Å². The highest BCUT2D eigenvalue weighted by Crippen LogP contribution is 2.27. The minimum Gasteiger partial charge on any atom is -0.462 e. The van der Waals surface area contributed by atoms with Crippen LogP contribution in [0.3, 0.4) is 0 Å². The molecule has 2 nitrogen and oxygen atoms in total. The molecule has 0 saturated carbocycles. The molecule has 0 aliphatic carbocycles. The SMILES string of the molecule is CN(CCCCl)c1coc2ccccc12. The van der Waals surface area contributed by atoms with Crippen molar-refractivity contribution in [2.75, 3.05) is 24.4 Å². The van der Waals surface area contributed by atoms with E-state index in [0.717, 1.165) is 29.6 Å². The number of anilines is 1. The van der Waals surface area contributed by atoms with Crippen molar-refractivity contribution in [2.24, 2.45) is 0 Å². The summed E-state index contributed by atoms with van der Waals surface area (Å²) in [7, 11) is 2.06. The summed E-state index contributed by atoms with van der Waals surface area (Å²) in [4.78, 5) is 2.17. The lowest BCUT2D eigenvalue weighted by Gasteiger charge is -2.16.